The third-order valence-electron chi connectivity index (χ3n) is 3.34. The molecule has 0 aromatic heterocycles. The Bertz CT molecular complexity index is 399. The number of ether oxygens (including phenoxy) is 2. The van der Waals surface area contributed by atoms with Gasteiger partial charge < -0.3 is 14.8 Å². The van der Waals surface area contributed by atoms with Gasteiger partial charge in [0.1, 0.15) is 18.0 Å². The molecule has 106 valence electrons. The van der Waals surface area contributed by atoms with Gasteiger partial charge in [-0.2, -0.15) is 0 Å². The summed E-state index contributed by atoms with van der Waals surface area (Å²) in [6.45, 7) is 6.05. The monoisotopic (exact) mass is 375 g/mol. The summed E-state index contributed by atoms with van der Waals surface area (Å²) in [6, 6.07) is 8.57. The van der Waals surface area contributed by atoms with Crippen LogP contribution < -0.4 is 10.1 Å². The van der Waals surface area contributed by atoms with Crippen LogP contribution in [0.15, 0.2) is 24.3 Å². The molecule has 1 aromatic rings. The Balaban J connectivity index is 1.94. The van der Waals surface area contributed by atoms with Crippen molar-refractivity contribution in [3.8, 4) is 5.75 Å². The maximum absolute atomic E-state index is 6.09. The normalized spacial score (nSPS) is 25.9. The van der Waals surface area contributed by atoms with E-state index in [2.05, 4.69) is 47.8 Å². The Morgan fingerprint density at radius 2 is 2.11 bits per heavy atom. The molecule has 3 unspecified atom stereocenters. The van der Waals surface area contributed by atoms with Gasteiger partial charge in [-0.25, -0.2) is 0 Å². The van der Waals surface area contributed by atoms with E-state index in [0.717, 1.165) is 35.3 Å². The van der Waals surface area contributed by atoms with Crippen molar-refractivity contribution in [2.45, 2.75) is 44.9 Å². The van der Waals surface area contributed by atoms with Crippen molar-refractivity contribution in [2.75, 3.05) is 13.2 Å². The van der Waals surface area contributed by atoms with Crippen LogP contribution in [0.3, 0.4) is 0 Å². The maximum atomic E-state index is 6.09. The molecule has 0 amide bonds. The van der Waals surface area contributed by atoms with Crippen LogP contribution >= 0.6 is 22.6 Å². The largest absolute Gasteiger partial charge is 0.486 e. The van der Waals surface area contributed by atoms with Crippen LogP contribution in [0.1, 0.15) is 26.7 Å². The minimum absolute atomic E-state index is 0.173. The van der Waals surface area contributed by atoms with E-state index in [9.17, 15) is 0 Å². The van der Waals surface area contributed by atoms with Crippen LogP contribution in [0.4, 0.5) is 0 Å². The lowest BCUT2D eigenvalue weighted by molar-refractivity contribution is -0.107. The van der Waals surface area contributed by atoms with Crippen molar-refractivity contribution in [1.29, 1.82) is 0 Å². The van der Waals surface area contributed by atoms with Gasteiger partial charge in [0.25, 0.3) is 0 Å². The highest BCUT2D eigenvalue weighted by Gasteiger charge is 2.43. The molecule has 2 rings (SSSR count). The molecule has 0 spiro atoms. The van der Waals surface area contributed by atoms with Gasteiger partial charge >= 0.3 is 0 Å². The van der Waals surface area contributed by atoms with Crippen molar-refractivity contribution >= 4 is 22.6 Å². The predicted octanol–water partition coefficient (Wildman–Crippen LogP) is 3.22. The van der Waals surface area contributed by atoms with Gasteiger partial charge in [-0.05, 0) is 47.7 Å². The first-order valence-corrected chi connectivity index (χ1v) is 8.10. The Labute approximate surface area is 129 Å². The topological polar surface area (TPSA) is 30.5 Å². The van der Waals surface area contributed by atoms with Crippen LogP contribution in [0.25, 0.3) is 0 Å². The van der Waals surface area contributed by atoms with Crippen molar-refractivity contribution in [3.05, 3.63) is 27.8 Å². The summed E-state index contributed by atoms with van der Waals surface area (Å²) in [5.41, 5.74) is 0. The molecule has 0 aliphatic heterocycles. The first kappa shape index (κ1) is 15.1. The molecule has 4 heteroatoms. The van der Waals surface area contributed by atoms with Crippen molar-refractivity contribution in [2.24, 2.45) is 0 Å². The molecular formula is C15H22INO2. The molecule has 1 N–H and O–H groups in total. The first-order valence-electron chi connectivity index (χ1n) is 7.02. The summed E-state index contributed by atoms with van der Waals surface area (Å²) in [4.78, 5) is 0. The Morgan fingerprint density at radius 1 is 1.32 bits per heavy atom. The predicted molar refractivity (Wildman–Crippen MR) is 85.7 cm³/mol. The third kappa shape index (κ3) is 3.83. The van der Waals surface area contributed by atoms with E-state index in [0.29, 0.717) is 6.04 Å². The molecule has 0 bridgehead atoms. The fourth-order valence-corrected chi connectivity index (χ4v) is 2.85. The molecular weight excluding hydrogens is 353 g/mol. The van der Waals surface area contributed by atoms with Gasteiger partial charge in [0.15, 0.2) is 0 Å². The second kappa shape index (κ2) is 7.45. The zero-order valence-electron chi connectivity index (χ0n) is 11.6. The van der Waals surface area contributed by atoms with Crippen LogP contribution in [0.2, 0.25) is 0 Å². The summed E-state index contributed by atoms with van der Waals surface area (Å²) in [5.74, 6) is 0.966. The number of rotatable bonds is 7. The fourth-order valence-electron chi connectivity index (χ4n) is 2.34. The van der Waals surface area contributed by atoms with E-state index in [1.165, 1.54) is 0 Å². The standard InChI is InChI=1S/C15H22INO2/c1-3-9-18-15-12(17-4-2)10-14(15)19-13-8-6-5-7-11(13)16/h5-8,12,14-15,17H,3-4,9-10H2,1-2H3. The lowest BCUT2D eigenvalue weighted by atomic mass is 9.85. The molecule has 1 aliphatic rings. The minimum Gasteiger partial charge on any atom is -0.486 e. The van der Waals surface area contributed by atoms with Gasteiger partial charge in [-0.15, -0.1) is 0 Å². The minimum atomic E-state index is 0.173. The van der Waals surface area contributed by atoms with E-state index in [-0.39, 0.29) is 12.2 Å². The van der Waals surface area contributed by atoms with E-state index >= 15 is 0 Å². The molecule has 1 aliphatic carbocycles. The highest BCUT2D eigenvalue weighted by atomic mass is 127. The summed E-state index contributed by atoms with van der Waals surface area (Å²) < 4.78 is 13.2. The number of para-hydroxylation sites is 1. The van der Waals surface area contributed by atoms with Gasteiger partial charge in [0, 0.05) is 19.1 Å². The zero-order chi connectivity index (χ0) is 13.7. The summed E-state index contributed by atoms with van der Waals surface area (Å²) >= 11 is 2.31. The molecule has 19 heavy (non-hydrogen) atoms. The van der Waals surface area contributed by atoms with Gasteiger partial charge in [-0.3, -0.25) is 0 Å². The summed E-state index contributed by atoms with van der Waals surface area (Å²) in [7, 11) is 0. The van der Waals surface area contributed by atoms with Crippen LogP contribution in [-0.4, -0.2) is 31.4 Å². The molecule has 0 radical (unpaired) electrons. The number of benzene rings is 1. The Hall–Kier alpha value is -0.330. The van der Waals surface area contributed by atoms with Gasteiger partial charge in [-0.1, -0.05) is 26.0 Å². The third-order valence-corrected chi connectivity index (χ3v) is 4.24. The van der Waals surface area contributed by atoms with Crippen molar-refractivity contribution in [1.82, 2.24) is 5.32 Å². The summed E-state index contributed by atoms with van der Waals surface area (Å²) in [5, 5.41) is 3.46. The fraction of sp³-hybridized carbons (Fsp3) is 0.600. The average molecular weight is 375 g/mol. The Kier molecular flexibility index (Phi) is 5.91. The molecule has 3 nitrogen and oxygen atoms in total. The SMILES string of the molecule is CCCOC1C(NCC)CC1Oc1ccccc1I. The summed E-state index contributed by atoms with van der Waals surface area (Å²) in [6.07, 6.45) is 2.42. The molecule has 1 saturated carbocycles. The number of halogens is 1. The van der Waals surface area contributed by atoms with E-state index in [1.807, 2.05) is 18.2 Å². The highest BCUT2D eigenvalue weighted by Crippen LogP contribution is 2.31. The van der Waals surface area contributed by atoms with Crippen molar-refractivity contribution < 1.29 is 9.47 Å². The second-order valence-corrected chi connectivity index (χ2v) is 5.98. The molecule has 3 atom stereocenters. The van der Waals surface area contributed by atoms with Crippen molar-refractivity contribution in [3.63, 3.8) is 0 Å². The Morgan fingerprint density at radius 3 is 2.79 bits per heavy atom. The van der Waals surface area contributed by atoms with Crippen LogP contribution in [-0.2, 0) is 4.74 Å². The molecule has 0 heterocycles. The number of hydrogen-bond acceptors (Lipinski definition) is 3. The smallest absolute Gasteiger partial charge is 0.133 e. The molecule has 0 saturated heterocycles. The van der Waals surface area contributed by atoms with E-state index in [4.69, 9.17) is 9.47 Å². The van der Waals surface area contributed by atoms with Gasteiger partial charge in [0.05, 0.1) is 3.57 Å². The lowest BCUT2D eigenvalue weighted by Crippen LogP contribution is -2.61. The first-order chi connectivity index (χ1) is 9.26. The quantitative estimate of drug-likeness (QED) is 0.743. The lowest BCUT2D eigenvalue weighted by Gasteiger charge is -2.44. The number of nitrogens with one attached hydrogen (secondary N) is 1. The average Bonchev–Trinajstić information content (AvgIpc) is 2.40. The van der Waals surface area contributed by atoms with Crippen LogP contribution in [0, 0.1) is 3.57 Å². The van der Waals surface area contributed by atoms with E-state index in [1.54, 1.807) is 0 Å². The van der Waals surface area contributed by atoms with E-state index < -0.39 is 0 Å². The highest BCUT2D eigenvalue weighted by molar-refractivity contribution is 14.1. The zero-order valence-corrected chi connectivity index (χ0v) is 13.7. The van der Waals surface area contributed by atoms with Gasteiger partial charge in [0.2, 0.25) is 0 Å². The molecule has 1 aromatic carbocycles. The molecule has 1 fully saturated rings. The number of hydrogen-bond donors (Lipinski definition) is 1. The maximum Gasteiger partial charge on any atom is 0.133 e. The van der Waals surface area contributed by atoms with Crippen LogP contribution in [0.5, 0.6) is 5.75 Å². The second-order valence-electron chi connectivity index (χ2n) is 4.82. The number of likely N-dealkylation sites (N-methyl/N-ethyl adjacent to an activating group) is 1.